The number of nitrogens with zero attached hydrogens (tertiary/aromatic N) is 2. The van der Waals surface area contributed by atoms with E-state index in [9.17, 15) is 9.59 Å². The number of amides is 1. The fraction of sp³-hybridized carbons (Fsp3) is 0.312. The third-order valence-electron chi connectivity index (χ3n) is 3.22. The second-order valence-electron chi connectivity index (χ2n) is 5.42. The minimum absolute atomic E-state index is 0.0874. The molecular formula is C16H17Cl2N3O3. The zero-order chi connectivity index (χ0) is 17.9. The Hall–Kier alpha value is -2.05. The Morgan fingerprint density at radius 3 is 2.50 bits per heavy atom. The average molecular weight is 370 g/mol. The summed E-state index contributed by atoms with van der Waals surface area (Å²) >= 11 is 11.7. The molecule has 128 valence electrons. The highest BCUT2D eigenvalue weighted by Crippen LogP contribution is 2.23. The van der Waals surface area contributed by atoms with Crippen molar-refractivity contribution in [3.05, 3.63) is 46.1 Å². The number of hydrogen-bond donors (Lipinski definition) is 1. The Labute approximate surface area is 149 Å². The van der Waals surface area contributed by atoms with E-state index >= 15 is 0 Å². The zero-order valence-electron chi connectivity index (χ0n) is 13.4. The van der Waals surface area contributed by atoms with Crippen LogP contribution in [0.3, 0.4) is 0 Å². The van der Waals surface area contributed by atoms with E-state index in [4.69, 9.17) is 27.9 Å². The van der Waals surface area contributed by atoms with E-state index in [1.807, 2.05) is 13.8 Å². The topological polar surface area (TPSA) is 73.2 Å². The number of hydrogen-bond acceptors (Lipinski definition) is 4. The van der Waals surface area contributed by atoms with Gasteiger partial charge in [0.2, 0.25) is 0 Å². The minimum Gasteiger partial charge on any atom is -0.449 e. The van der Waals surface area contributed by atoms with E-state index in [1.54, 1.807) is 16.9 Å². The highest BCUT2D eigenvalue weighted by molar-refractivity contribution is 6.42. The van der Waals surface area contributed by atoms with Crippen molar-refractivity contribution in [3.63, 3.8) is 0 Å². The summed E-state index contributed by atoms with van der Waals surface area (Å²) in [6, 6.07) is 6.13. The van der Waals surface area contributed by atoms with Gasteiger partial charge in [-0.1, -0.05) is 23.2 Å². The van der Waals surface area contributed by atoms with Gasteiger partial charge in [-0.25, -0.2) is 9.48 Å². The Morgan fingerprint density at radius 1 is 1.17 bits per heavy atom. The number of carbonyl (C=O) groups is 2. The normalized spacial score (nSPS) is 12.1. The molecule has 0 saturated carbocycles. The molecule has 6 nitrogen and oxygen atoms in total. The first-order chi connectivity index (χ1) is 11.3. The van der Waals surface area contributed by atoms with E-state index < -0.39 is 18.0 Å². The molecule has 1 amide bonds. The molecule has 0 radical (unpaired) electrons. The lowest BCUT2D eigenvalue weighted by molar-refractivity contribution is -0.123. The largest absolute Gasteiger partial charge is 0.449 e. The molecule has 1 aromatic heterocycles. The summed E-state index contributed by atoms with van der Waals surface area (Å²) in [6.07, 6.45) is 0.601. The lowest BCUT2D eigenvalue weighted by Gasteiger charge is -2.15. The van der Waals surface area contributed by atoms with Gasteiger partial charge in [0.05, 0.1) is 21.8 Å². The number of halogens is 2. The number of ether oxygens (including phenoxy) is 1. The van der Waals surface area contributed by atoms with Crippen molar-refractivity contribution in [3.8, 4) is 0 Å². The van der Waals surface area contributed by atoms with Gasteiger partial charge in [0, 0.05) is 12.1 Å². The summed E-state index contributed by atoms with van der Waals surface area (Å²) in [4.78, 5) is 24.3. The van der Waals surface area contributed by atoms with Gasteiger partial charge in [0.25, 0.3) is 5.91 Å². The van der Waals surface area contributed by atoms with Crippen LogP contribution in [-0.2, 0) is 9.53 Å². The number of aromatic nitrogens is 2. The van der Waals surface area contributed by atoms with Gasteiger partial charge < -0.3 is 10.1 Å². The molecule has 0 saturated heterocycles. The van der Waals surface area contributed by atoms with Crippen LogP contribution in [0.5, 0.6) is 0 Å². The number of anilines is 1. The predicted molar refractivity (Wildman–Crippen MR) is 92.6 cm³/mol. The van der Waals surface area contributed by atoms with Crippen LogP contribution in [0.2, 0.25) is 10.0 Å². The van der Waals surface area contributed by atoms with Gasteiger partial charge in [-0.05, 0) is 39.0 Å². The minimum atomic E-state index is -0.984. The molecule has 24 heavy (non-hydrogen) atoms. The SMILES string of the molecule is CC(C)n1nccc1NC(=O)[C@@H](C)OC(=O)c1ccc(Cl)c(Cl)c1. The molecule has 0 aliphatic rings. The number of carbonyl (C=O) groups excluding carboxylic acids is 2. The van der Waals surface area contributed by atoms with E-state index in [0.717, 1.165) is 0 Å². The molecule has 2 aromatic rings. The molecule has 1 heterocycles. The monoisotopic (exact) mass is 369 g/mol. The molecular weight excluding hydrogens is 353 g/mol. The van der Waals surface area contributed by atoms with Gasteiger partial charge >= 0.3 is 5.97 Å². The fourth-order valence-corrected chi connectivity index (χ4v) is 2.26. The molecule has 0 aliphatic carbocycles. The smallest absolute Gasteiger partial charge is 0.338 e. The number of esters is 1. The molecule has 1 atom stereocenters. The first-order valence-electron chi connectivity index (χ1n) is 7.30. The second-order valence-corrected chi connectivity index (χ2v) is 6.23. The van der Waals surface area contributed by atoms with Crippen LogP contribution >= 0.6 is 23.2 Å². The summed E-state index contributed by atoms with van der Waals surface area (Å²) in [5.74, 6) is -0.577. The Balaban J connectivity index is 2.01. The molecule has 0 spiro atoms. The Bertz CT molecular complexity index is 759. The molecule has 0 unspecified atom stereocenters. The maximum Gasteiger partial charge on any atom is 0.338 e. The second kappa shape index (κ2) is 7.68. The quantitative estimate of drug-likeness (QED) is 0.809. The summed E-state index contributed by atoms with van der Waals surface area (Å²) in [5, 5.41) is 7.38. The first kappa shape index (κ1) is 18.3. The number of rotatable bonds is 5. The van der Waals surface area contributed by atoms with Crippen molar-refractivity contribution < 1.29 is 14.3 Å². The lowest BCUT2D eigenvalue weighted by Crippen LogP contribution is -2.31. The highest BCUT2D eigenvalue weighted by Gasteiger charge is 2.21. The van der Waals surface area contributed by atoms with E-state index in [0.29, 0.717) is 10.8 Å². The van der Waals surface area contributed by atoms with E-state index in [1.165, 1.54) is 25.1 Å². The summed E-state index contributed by atoms with van der Waals surface area (Å²) in [7, 11) is 0. The Kier molecular flexibility index (Phi) is 5.85. The van der Waals surface area contributed by atoms with Gasteiger partial charge in [-0.3, -0.25) is 4.79 Å². The van der Waals surface area contributed by atoms with Crippen LogP contribution in [0.15, 0.2) is 30.5 Å². The van der Waals surface area contributed by atoms with Crippen LogP contribution in [0, 0.1) is 0 Å². The molecule has 1 N–H and O–H groups in total. The third-order valence-corrected chi connectivity index (χ3v) is 3.96. The Morgan fingerprint density at radius 2 is 1.88 bits per heavy atom. The first-order valence-corrected chi connectivity index (χ1v) is 8.05. The van der Waals surface area contributed by atoms with Crippen LogP contribution < -0.4 is 5.32 Å². The van der Waals surface area contributed by atoms with Crippen LogP contribution in [0.4, 0.5) is 5.82 Å². The third kappa shape index (κ3) is 4.27. The van der Waals surface area contributed by atoms with Crippen LogP contribution in [0.1, 0.15) is 37.2 Å². The zero-order valence-corrected chi connectivity index (χ0v) is 14.9. The molecule has 0 fully saturated rings. The van der Waals surface area contributed by atoms with Crippen molar-refractivity contribution >= 4 is 40.9 Å². The average Bonchev–Trinajstić information content (AvgIpc) is 2.98. The van der Waals surface area contributed by atoms with Gasteiger partial charge in [0.1, 0.15) is 5.82 Å². The maximum absolute atomic E-state index is 12.2. The van der Waals surface area contributed by atoms with Crippen molar-refractivity contribution in [2.45, 2.75) is 32.9 Å². The van der Waals surface area contributed by atoms with Crippen molar-refractivity contribution in [2.24, 2.45) is 0 Å². The van der Waals surface area contributed by atoms with Crippen molar-refractivity contribution in [2.75, 3.05) is 5.32 Å². The predicted octanol–water partition coefficient (Wildman–Crippen LogP) is 3.95. The number of benzene rings is 1. The number of nitrogens with one attached hydrogen (secondary N) is 1. The van der Waals surface area contributed by atoms with Crippen molar-refractivity contribution in [1.29, 1.82) is 0 Å². The summed E-state index contributed by atoms with van der Waals surface area (Å²) in [6.45, 7) is 5.37. The van der Waals surface area contributed by atoms with Crippen molar-refractivity contribution in [1.82, 2.24) is 9.78 Å². The van der Waals surface area contributed by atoms with Gasteiger partial charge in [-0.2, -0.15) is 5.10 Å². The summed E-state index contributed by atoms with van der Waals surface area (Å²) in [5.41, 5.74) is 0.219. The van der Waals surface area contributed by atoms with Gasteiger partial charge in [-0.15, -0.1) is 0 Å². The molecule has 0 aliphatic heterocycles. The molecule has 2 rings (SSSR count). The van der Waals surface area contributed by atoms with Crippen LogP contribution in [-0.4, -0.2) is 27.8 Å². The standard InChI is InChI=1S/C16H17Cl2N3O3/c1-9(2)21-14(6-7-19-21)20-15(22)10(3)24-16(23)11-4-5-12(17)13(18)8-11/h4-10H,1-3H3,(H,20,22)/t10-/m1/s1. The van der Waals surface area contributed by atoms with Gasteiger partial charge in [0.15, 0.2) is 6.10 Å². The van der Waals surface area contributed by atoms with E-state index in [-0.39, 0.29) is 16.6 Å². The maximum atomic E-state index is 12.2. The molecule has 1 aromatic carbocycles. The summed E-state index contributed by atoms with van der Waals surface area (Å²) < 4.78 is 6.82. The molecule has 8 heteroatoms. The van der Waals surface area contributed by atoms with E-state index in [2.05, 4.69) is 10.4 Å². The highest BCUT2D eigenvalue weighted by atomic mass is 35.5. The fourth-order valence-electron chi connectivity index (χ4n) is 1.96. The lowest BCUT2D eigenvalue weighted by atomic mass is 10.2. The molecule has 0 bridgehead atoms. The van der Waals surface area contributed by atoms with Crippen LogP contribution in [0.25, 0.3) is 0 Å².